The van der Waals surface area contributed by atoms with E-state index in [0.717, 1.165) is 49.1 Å². The summed E-state index contributed by atoms with van der Waals surface area (Å²) < 4.78 is 38.2. The lowest BCUT2D eigenvalue weighted by Gasteiger charge is -2.25. The van der Waals surface area contributed by atoms with Crippen LogP contribution in [0.1, 0.15) is 58.4 Å². The van der Waals surface area contributed by atoms with Crippen molar-refractivity contribution in [3.05, 3.63) is 101 Å². The number of carbonyl (C=O) groups excluding carboxylic acids is 1. The van der Waals surface area contributed by atoms with Gasteiger partial charge in [0.2, 0.25) is 0 Å². The second-order valence-corrected chi connectivity index (χ2v) is 8.27. The molecular weight excluding hydrogens is 427 g/mol. The lowest BCUT2D eigenvalue weighted by Crippen LogP contribution is -2.36. The summed E-state index contributed by atoms with van der Waals surface area (Å²) in [4.78, 5) is 20.4. The first kappa shape index (κ1) is 22.7. The van der Waals surface area contributed by atoms with E-state index in [-0.39, 0.29) is 11.9 Å². The summed E-state index contributed by atoms with van der Waals surface area (Å²) in [6.45, 7) is 0. The summed E-state index contributed by atoms with van der Waals surface area (Å²) in [6.07, 6.45) is 6.00. The Hall–Kier alpha value is -3.48. The number of nitrogens with zero attached hydrogens (tertiary/aromatic N) is 2. The summed E-state index contributed by atoms with van der Waals surface area (Å²) in [6, 6.07) is 14.0. The molecule has 3 aromatic rings. The van der Waals surface area contributed by atoms with Crippen LogP contribution in [0.4, 0.5) is 13.2 Å². The van der Waals surface area contributed by atoms with Crippen LogP contribution < -0.4 is 5.32 Å². The Morgan fingerprint density at radius 1 is 1.12 bits per heavy atom. The van der Waals surface area contributed by atoms with Gasteiger partial charge in [0.1, 0.15) is 0 Å². The van der Waals surface area contributed by atoms with Gasteiger partial charge in [-0.2, -0.15) is 13.2 Å². The van der Waals surface area contributed by atoms with Crippen LogP contribution in [0.5, 0.6) is 0 Å². The van der Waals surface area contributed by atoms with Gasteiger partial charge >= 0.3 is 6.18 Å². The number of pyridine rings is 2. The first-order valence-electron chi connectivity index (χ1n) is 10.9. The molecule has 1 amide bonds. The van der Waals surface area contributed by atoms with Crippen molar-refractivity contribution in [3.8, 4) is 0 Å². The fourth-order valence-corrected chi connectivity index (χ4v) is 4.05. The predicted octanol–water partition coefficient (Wildman–Crippen LogP) is 5.84. The molecule has 1 atom stereocenters. The van der Waals surface area contributed by atoms with E-state index in [2.05, 4.69) is 21.4 Å². The molecule has 7 heteroatoms. The van der Waals surface area contributed by atoms with E-state index in [1.54, 1.807) is 24.5 Å². The number of alkyl halides is 3. The highest BCUT2D eigenvalue weighted by molar-refractivity contribution is 5.94. The maximum Gasteiger partial charge on any atom is 0.417 e. The summed E-state index contributed by atoms with van der Waals surface area (Å²) in [5, 5.41) is 3.10. The zero-order valence-electron chi connectivity index (χ0n) is 18.0. The number of halogens is 3. The van der Waals surface area contributed by atoms with Crippen LogP contribution in [-0.2, 0) is 12.6 Å². The molecular formula is C26H24F3N3O. The highest BCUT2D eigenvalue weighted by Gasteiger charge is 2.30. The highest BCUT2D eigenvalue weighted by atomic mass is 19.4. The van der Waals surface area contributed by atoms with Crippen LogP contribution >= 0.6 is 0 Å². The molecule has 0 bridgehead atoms. The molecule has 1 aliphatic rings. The second kappa shape index (κ2) is 9.98. The maximum atomic E-state index is 12.7. The number of hydrogen-bond acceptors (Lipinski definition) is 3. The second-order valence-electron chi connectivity index (χ2n) is 8.27. The lowest BCUT2D eigenvalue weighted by molar-refractivity contribution is -0.137. The minimum Gasteiger partial charge on any atom is -0.349 e. The zero-order chi connectivity index (χ0) is 23.3. The van der Waals surface area contributed by atoms with Gasteiger partial charge in [0, 0.05) is 36.7 Å². The fraction of sp³-hybridized carbons (Fsp3) is 0.269. The van der Waals surface area contributed by atoms with Crippen molar-refractivity contribution in [2.75, 3.05) is 0 Å². The van der Waals surface area contributed by atoms with Crippen molar-refractivity contribution in [2.24, 2.45) is 0 Å². The van der Waals surface area contributed by atoms with Gasteiger partial charge in [-0.1, -0.05) is 35.9 Å². The molecule has 1 unspecified atom stereocenters. The minimum absolute atomic E-state index is 0.0808. The summed E-state index contributed by atoms with van der Waals surface area (Å²) in [5.74, 6) is -0.111. The van der Waals surface area contributed by atoms with Crippen LogP contribution in [0, 0.1) is 0 Å². The molecule has 1 N–H and O–H groups in total. The van der Waals surface area contributed by atoms with E-state index in [1.807, 2.05) is 24.3 Å². The summed E-state index contributed by atoms with van der Waals surface area (Å²) >= 11 is 0. The van der Waals surface area contributed by atoms with Gasteiger partial charge in [0.05, 0.1) is 11.1 Å². The Morgan fingerprint density at radius 2 is 2.00 bits per heavy atom. The summed E-state index contributed by atoms with van der Waals surface area (Å²) in [7, 11) is 0. The Labute approximate surface area is 190 Å². The highest BCUT2D eigenvalue weighted by Crippen LogP contribution is 2.29. The molecule has 2 aromatic heterocycles. The van der Waals surface area contributed by atoms with Gasteiger partial charge < -0.3 is 5.32 Å². The average molecular weight is 451 g/mol. The van der Waals surface area contributed by atoms with E-state index >= 15 is 0 Å². The molecule has 4 nitrogen and oxygen atoms in total. The van der Waals surface area contributed by atoms with Crippen molar-refractivity contribution in [1.82, 2.24) is 15.3 Å². The first-order chi connectivity index (χ1) is 15.9. The Balaban J connectivity index is 1.40. The Morgan fingerprint density at radius 3 is 2.73 bits per heavy atom. The van der Waals surface area contributed by atoms with Crippen LogP contribution in [0.2, 0.25) is 0 Å². The first-order valence-corrected chi connectivity index (χ1v) is 10.9. The number of carbonyl (C=O) groups is 1. The van der Waals surface area contributed by atoms with Gasteiger partial charge in [0.15, 0.2) is 0 Å². The molecule has 0 radical (unpaired) electrons. The molecule has 0 spiro atoms. The molecule has 33 heavy (non-hydrogen) atoms. The van der Waals surface area contributed by atoms with Crippen molar-refractivity contribution < 1.29 is 18.0 Å². The van der Waals surface area contributed by atoms with E-state index in [1.165, 1.54) is 11.6 Å². The molecule has 1 aliphatic carbocycles. The van der Waals surface area contributed by atoms with Crippen LogP contribution in [0.3, 0.4) is 0 Å². The minimum atomic E-state index is -4.38. The van der Waals surface area contributed by atoms with E-state index < -0.39 is 11.7 Å². The summed E-state index contributed by atoms with van der Waals surface area (Å²) in [5.41, 5.74) is 3.68. The Bertz CT molecular complexity index is 1130. The standard InChI is InChI=1S/C26H24F3N3O/c27-26(28,29)22-9-10-23(31-17-22)14-19-5-1-4-18(12-19)13-20-6-2-8-24(15-20)32-25(33)21-7-3-11-30-16-21/h1,3-5,7,9-13,16-17,24H,2,6,8,14-15H2,(H,32,33). The van der Waals surface area contributed by atoms with Gasteiger partial charge in [-0.05, 0) is 61.1 Å². The van der Waals surface area contributed by atoms with Crippen molar-refractivity contribution >= 4 is 12.0 Å². The molecule has 170 valence electrons. The SMILES string of the molecule is O=C(NC1CCCC(=Cc2cccc(Cc3ccc(C(F)(F)F)cn3)c2)C1)c1cccnc1. The quantitative estimate of drug-likeness (QED) is 0.530. The smallest absolute Gasteiger partial charge is 0.349 e. The van der Waals surface area contributed by atoms with Crippen LogP contribution in [-0.4, -0.2) is 21.9 Å². The molecule has 0 aliphatic heterocycles. The maximum absolute atomic E-state index is 12.7. The third kappa shape index (κ3) is 6.28. The van der Waals surface area contributed by atoms with Crippen LogP contribution in [0.25, 0.3) is 6.08 Å². The van der Waals surface area contributed by atoms with Crippen molar-refractivity contribution in [3.63, 3.8) is 0 Å². The lowest BCUT2D eigenvalue weighted by atomic mass is 9.89. The normalized spacial score (nSPS) is 17.7. The third-order valence-corrected chi connectivity index (χ3v) is 5.68. The van der Waals surface area contributed by atoms with E-state index in [0.29, 0.717) is 17.7 Å². The molecule has 1 fully saturated rings. The third-order valence-electron chi connectivity index (χ3n) is 5.68. The van der Waals surface area contributed by atoms with Gasteiger partial charge in [0.25, 0.3) is 5.91 Å². The number of rotatable bonds is 5. The van der Waals surface area contributed by atoms with Gasteiger partial charge in [-0.3, -0.25) is 14.8 Å². The fourth-order valence-electron chi connectivity index (χ4n) is 4.05. The van der Waals surface area contributed by atoms with E-state index in [9.17, 15) is 18.0 Å². The molecule has 4 rings (SSSR count). The number of amides is 1. The number of aromatic nitrogens is 2. The monoisotopic (exact) mass is 451 g/mol. The molecule has 2 heterocycles. The topological polar surface area (TPSA) is 54.9 Å². The molecule has 1 aromatic carbocycles. The largest absolute Gasteiger partial charge is 0.417 e. The van der Waals surface area contributed by atoms with Gasteiger partial charge in [-0.15, -0.1) is 0 Å². The number of benzene rings is 1. The average Bonchev–Trinajstić information content (AvgIpc) is 2.80. The van der Waals surface area contributed by atoms with E-state index in [4.69, 9.17) is 0 Å². The number of nitrogens with one attached hydrogen (secondary N) is 1. The van der Waals surface area contributed by atoms with Crippen molar-refractivity contribution in [1.29, 1.82) is 0 Å². The Kier molecular flexibility index (Phi) is 6.87. The number of hydrogen-bond donors (Lipinski definition) is 1. The predicted molar refractivity (Wildman–Crippen MR) is 120 cm³/mol. The molecule has 0 saturated heterocycles. The van der Waals surface area contributed by atoms with Crippen LogP contribution in [0.15, 0.2) is 72.7 Å². The van der Waals surface area contributed by atoms with Crippen molar-refractivity contribution in [2.45, 2.75) is 44.3 Å². The zero-order valence-corrected chi connectivity index (χ0v) is 18.0. The van der Waals surface area contributed by atoms with Gasteiger partial charge in [-0.25, -0.2) is 0 Å². The molecule has 1 saturated carbocycles.